The number of nitrogens with one attached hydrogen (secondary N) is 2. The molecule has 0 spiro atoms. The number of fused-ring (bicyclic) bond motifs is 1. The molecule has 1 atom stereocenters. The fraction of sp³-hybridized carbons (Fsp3) is 0.238. The number of hydrogen-bond acceptors (Lipinski definition) is 5. The zero-order valence-corrected chi connectivity index (χ0v) is 16.2. The van der Waals surface area contributed by atoms with Crippen LogP contribution in [0, 0.1) is 12.3 Å². The monoisotopic (exact) mass is 409 g/mol. The van der Waals surface area contributed by atoms with Crippen LogP contribution >= 0.6 is 11.3 Å². The summed E-state index contributed by atoms with van der Waals surface area (Å²) in [7, 11) is 0. The standard InChI is InChI=1S/C21H19N3O4S/c1-2-16-9-14-10-18(23-19(14)29-16)28-21(27)22-17(8-13-6-4-3-5-7-13)20(26)24-11-15(25)12-24/h1,3-7,9-10,15,17,23,25H,8,11-12H2,(H,22,27)/t17-/m0/s1. The third-order valence-corrected chi connectivity index (χ3v) is 5.67. The quantitative estimate of drug-likeness (QED) is 0.563. The van der Waals surface area contributed by atoms with Crippen molar-refractivity contribution in [2.24, 2.45) is 0 Å². The minimum Gasteiger partial charge on any atom is -0.393 e. The Balaban J connectivity index is 1.44. The number of β-amino-alcohol motifs (C(OH)–C–C–N with tert-alkyl or cyclic N) is 1. The summed E-state index contributed by atoms with van der Waals surface area (Å²) in [5.41, 5.74) is 0.912. The lowest BCUT2D eigenvalue weighted by molar-refractivity contribution is -0.143. The zero-order valence-electron chi connectivity index (χ0n) is 15.4. The van der Waals surface area contributed by atoms with E-state index in [1.54, 1.807) is 6.07 Å². The Kier molecular flexibility index (Phi) is 5.25. The summed E-state index contributed by atoms with van der Waals surface area (Å²) in [5, 5.41) is 13.0. The molecule has 1 aliphatic heterocycles. The summed E-state index contributed by atoms with van der Waals surface area (Å²) in [5.74, 6) is 2.60. The lowest BCUT2D eigenvalue weighted by Gasteiger charge is -2.38. The Bertz CT molecular complexity index is 1040. The number of aromatic amines is 1. The van der Waals surface area contributed by atoms with Crippen molar-refractivity contribution in [3.05, 3.63) is 52.9 Å². The van der Waals surface area contributed by atoms with Gasteiger partial charge in [-0.15, -0.1) is 17.8 Å². The zero-order chi connectivity index (χ0) is 20.4. The van der Waals surface area contributed by atoms with Gasteiger partial charge in [0.05, 0.1) is 11.0 Å². The number of H-pyrrole nitrogens is 1. The summed E-state index contributed by atoms with van der Waals surface area (Å²) in [6.07, 6.45) is 4.47. The van der Waals surface area contributed by atoms with E-state index in [0.717, 1.165) is 20.7 Å². The molecule has 1 fully saturated rings. The average Bonchev–Trinajstić information content (AvgIpc) is 3.23. The molecule has 1 aliphatic rings. The van der Waals surface area contributed by atoms with Gasteiger partial charge in [0, 0.05) is 31.0 Å². The van der Waals surface area contributed by atoms with Crippen molar-refractivity contribution in [2.75, 3.05) is 13.1 Å². The molecule has 1 saturated heterocycles. The van der Waals surface area contributed by atoms with Crippen molar-refractivity contribution >= 4 is 33.6 Å². The maximum Gasteiger partial charge on any atom is 0.414 e. The van der Waals surface area contributed by atoms with E-state index in [-0.39, 0.29) is 24.9 Å². The number of thiophene rings is 1. The van der Waals surface area contributed by atoms with E-state index in [4.69, 9.17) is 11.2 Å². The minimum atomic E-state index is -0.790. The fourth-order valence-electron chi connectivity index (χ4n) is 3.20. The number of aliphatic hydroxyl groups excluding tert-OH is 1. The SMILES string of the molecule is C#Cc1cc2cc(OC(=O)N[C@@H](Cc3ccccc3)C(=O)N3CC(O)C3)[nH]c2s1. The molecule has 0 radical (unpaired) electrons. The van der Waals surface area contributed by atoms with Gasteiger partial charge in [0.2, 0.25) is 11.8 Å². The average molecular weight is 409 g/mol. The molecule has 8 heteroatoms. The molecule has 2 amide bonds. The van der Waals surface area contributed by atoms with E-state index in [2.05, 4.69) is 16.2 Å². The third kappa shape index (κ3) is 4.26. The van der Waals surface area contributed by atoms with Crippen LogP contribution < -0.4 is 10.1 Å². The van der Waals surface area contributed by atoms with E-state index in [1.807, 2.05) is 36.4 Å². The normalized spacial score (nSPS) is 14.8. The predicted octanol–water partition coefficient (Wildman–Crippen LogP) is 2.11. The molecule has 3 N–H and O–H groups in total. The Morgan fingerprint density at radius 3 is 2.76 bits per heavy atom. The summed E-state index contributed by atoms with van der Waals surface area (Å²) in [4.78, 5) is 31.3. The van der Waals surface area contributed by atoms with E-state index in [0.29, 0.717) is 6.42 Å². The highest BCUT2D eigenvalue weighted by Gasteiger charge is 2.34. The highest BCUT2D eigenvalue weighted by Crippen LogP contribution is 2.28. The number of rotatable bonds is 5. The van der Waals surface area contributed by atoms with Crippen LogP contribution in [0.15, 0.2) is 42.5 Å². The summed E-state index contributed by atoms with van der Waals surface area (Å²) >= 11 is 1.39. The van der Waals surface area contributed by atoms with Gasteiger partial charge in [0.1, 0.15) is 10.9 Å². The molecule has 1 aromatic carbocycles. The van der Waals surface area contributed by atoms with Gasteiger partial charge < -0.3 is 25.0 Å². The van der Waals surface area contributed by atoms with Gasteiger partial charge >= 0.3 is 6.09 Å². The number of amides is 2. The summed E-state index contributed by atoms with van der Waals surface area (Å²) < 4.78 is 5.33. The molecule has 0 saturated carbocycles. The highest BCUT2D eigenvalue weighted by molar-refractivity contribution is 7.19. The Morgan fingerprint density at radius 1 is 1.34 bits per heavy atom. The van der Waals surface area contributed by atoms with Gasteiger partial charge in [0.15, 0.2) is 0 Å². The number of carbonyl (C=O) groups is 2. The molecule has 0 bridgehead atoms. The van der Waals surface area contributed by atoms with Crippen molar-refractivity contribution < 1.29 is 19.4 Å². The Morgan fingerprint density at radius 2 is 2.10 bits per heavy atom. The van der Waals surface area contributed by atoms with Crippen LogP contribution in [0.1, 0.15) is 10.4 Å². The second kappa shape index (κ2) is 7.99. The van der Waals surface area contributed by atoms with Gasteiger partial charge in [-0.1, -0.05) is 36.3 Å². The van der Waals surface area contributed by atoms with Crippen LogP contribution in [0.4, 0.5) is 4.79 Å². The molecule has 3 heterocycles. The number of nitrogens with zero attached hydrogens (tertiary/aromatic N) is 1. The number of benzene rings is 1. The van der Waals surface area contributed by atoms with E-state index < -0.39 is 18.2 Å². The van der Waals surface area contributed by atoms with Gasteiger partial charge in [-0.25, -0.2) is 4.79 Å². The summed E-state index contributed by atoms with van der Waals surface area (Å²) in [6, 6.07) is 12.1. The first-order valence-corrected chi connectivity index (χ1v) is 9.92. The Hall–Kier alpha value is -3.28. The number of carbonyl (C=O) groups excluding carboxylic acids is 2. The van der Waals surface area contributed by atoms with E-state index in [9.17, 15) is 14.7 Å². The lowest BCUT2D eigenvalue weighted by Crippen LogP contribution is -2.60. The van der Waals surface area contributed by atoms with Crippen molar-refractivity contribution in [3.8, 4) is 18.2 Å². The molecule has 148 valence electrons. The number of hydrogen-bond donors (Lipinski definition) is 3. The number of terminal acetylenes is 1. The number of aromatic nitrogens is 1. The number of ether oxygens (including phenoxy) is 1. The molecular formula is C21H19N3O4S. The second-order valence-electron chi connectivity index (χ2n) is 6.85. The smallest absolute Gasteiger partial charge is 0.393 e. The first-order valence-electron chi connectivity index (χ1n) is 9.10. The van der Waals surface area contributed by atoms with Crippen LogP contribution in [0.3, 0.4) is 0 Å². The van der Waals surface area contributed by atoms with Crippen molar-refractivity contribution in [1.29, 1.82) is 0 Å². The predicted molar refractivity (Wildman–Crippen MR) is 110 cm³/mol. The van der Waals surface area contributed by atoms with Crippen LogP contribution in [0.5, 0.6) is 5.88 Å². The fourth-order valence-corrected chi connectivity index (χ4v) is 4.05. The topological polar surface area (TPSA) is 94.7 Å². The minimum absolute atomic E-state index is 0.248. The van der Waals surface area contributed by atoms with Crippen molar-refractivity contribution in [3.63, 3.8) is 0 Å². The first-order chi connectivity index (χ1) is 14.0. The highest BCUT2D eigenvalue weighted by atomic mass is 32.1. The van der Waals surface area contributed by atoms with E-state index >= 15 is 0 Å². The van der Waals surface area contributed by atoms with Crippen LogP contribution in [-0.2, 0) is 11.2 Å². The van der Waals surface area contributed by atoms with Gasteiger partial charge in [-0.3, -0.25) is 4.79 Å². The molecule has 29 heavy (non-hydrogen) atoms. The van der Waals surface area contributed by atoms with Crippen molar-refractivity contribution in [1.82, 2.24) is 15.2 Å². The Labute approximate surface area is 171 Å². The van der Waals surface area contributed by atoms with Gasteiger partial charge in [-0.05, 0) is 11.6 Å². The molecule has 0 unspecified atom stereocenters. The largest absolute Gasteiger partial charge is 0.414 e. The molecule has 2 aromatic heterocycles. The van der Waals surface area contributed by atoms with Crippen molar-refractivity contribution in [2.45, 2.75) is 18.6 Å². The third-order valence-electron chi connectivity index (χ3n) is 4.68. The van der Waals surface area contributed by atoms with Crippen LogP contribution in [0.2, 0.25) is 0 Å². The molecule has 4 rings (SSSR count). The molecule has 0 aliphatic carbocycles. The van der Waals surface area contributed by atoms with Gasteiger partial charge in [-0.2, -0.15) is 0 Å². The number of aliphatic hydroxyl groups is 1. The van der Waals surface area contributed by atoms with Crippen LogP contribution in [0.25, 0.3) is 10.2 Å². The molecular weight excluding hydrogens is 390 g/mol. The maximum atomic E-state index is 12.8. The van der Waals surface area contributed by atoms with Crippen LogP contribution in [-0.4, -0.2) is 52.2 Å². The summed E-state index contributed by atoms with van der Waals surface area (Å²) in [6.45, 7) is 0.538. The van der Waals surface area contributed by atoms with Gasteiger partial charge in [0.25, 0.3) is 0 Å². The molecule has 7 nitrogen and oxygen atoms in total. The molecule has 3 aromatic rings. The second-order valence-corrected chi connectivity index (χ2v) is 7.90. The number of likely N-dealkylation sites (tertiary alicyclic amines) is 1. The van der Waals surface area contributed by atoms with E-state index in [1.165, 1.54) is 16.2 Å². The maximum absolute atomic E-state index is 12.8. The lowest BCUT2D eigenvalue weighted by atomic mass is 10.0. The first kappa shape index (κ1) is 19.1.